The molecule has 1 aromatic rings. The number of nitrogens with zero attached hydrogens (tertiary/aromatic N) is 2. The molecule has 0 saturated heterocycles. The molecule has 0 aromatic carbocycles. The minimum atomic E-state index is -1.04. The molecule has 8 nitrogen and oxygen atoms in total. The van der Waals surface area contributed by atoms with Gasteiger partial charge in [-0.1, -0.05) is 0 Å². The van der Waals surface area contributed by atoms with E-state index in [0.717, 1.165) is 0 Å². The molecule has 88 valence electrons. The maximum Gasteiger partial charge on any atom is 0.310 e. The molecule has 1 amide bonds. The van der Waals surface area contributed by atoms with E-state index >= 15 is 0 Å². The van der Waals surface area contributed by atoms with Crippen LogP contribution in [0.15, 0.2) is 0 Å². The highest BCUT2D eigenvalue weighted by Crippen LogP contribution is 2.13. The molecule has 0 atom stereocenters. The Morgan fingerprint density at radius 2 is 2.19 bits per heavy atom. The molecule has 0 aliphatic heterocycles. The fraction of sp³-hybridized carbons (Fsp3) is 0.500. The van der Waals surface area contributed by atoms with E-state index in [1.807, 2.05) is 0 Å². The summed E-state index contributed by atoms with van der Waals surface area (Å²) in [6.45, 7) is 3.00. The van der Waals surface area contributed by atoms with Crippen LogP contribution in [0, 0.1) is 5.41 Å². The quantitative estimate of drug-likeness (QED) is 0.533. The number of carbonyl (C=O) groups excluding carboxylic acids is 1. The SMILES string of the molecule is CC(C)(CNC(=O)c1nc(N)n[nH]1)C(=O)O. The number of nitrogen functional groups attached to an aromatic ring is 1. The summed E-state index contributed by atoms with van der Waals surface area (Å²) in [5, 5.41) is 17.1. The van der Waals surface area contributed by atoms with Crippen molar-refractivity contribution >= 4 is 17.8 Å². The first-order valence-electron chi connectivity index (χ1n) is 4.52. The van der Waals surface area contributed by atoms with Gasteiger partial charge >= 0.3 is 5.97 Å². The second kappa shape index (κ2) is 4.17. The molecule has 0 aliphatic rings. The van der Waals surface area contributed by atoms with Gasteiger partial charge in [0.25, 0.3) is 5.91 Å². The minimum absolute atomic E-state index is 0.0121. The predicted molar refractivity (Wildman–Crippen MR) is 54.5 cm³/mol. The first-order valence-corrected chi connectivity index (χ1v) is 4.52. The van der Waals surface area contributed by atoms with Gasteiger partial charge in [0.05, 0.1) is 5.41 Å². The van der Waals surface area contributed by atoms with Gasteiger partial charge in [0.15, 0.2) is 0 Å². The summed E-state index contributed by atoms with van der Waals surface area (Å²) in [4.78, 5) is 25.8. The molecule has 5 N–H and O–H groups in total. The molecule has 0 radical (unpaired) electrons. The number of hydrogen-bond acceptors (Lipinski definition) is 5. The van der Waals surface area contributed by atoms with E-state index < -0.39 is 17.3 Å². The van der Waals surface area contributed by atoms with Crippen molar-refractivity contribution in [3.05, 3.63) is 5.82 Å². The highest BCUT2D eigenvalue weighted by Gasteiger charge is 2.28. The fourth-order valence-electron chi connectivity index (χ4n) is 0.837. The summed E-state index contributed by atoms with van der Waals surface area (Å²) in [6, 6.07) is 0. The number of amides is 1. The van der Waals surface area contributed by atoms with E-state index in [4.69, 9.17) is 10.8 Å². The summed E-state index contributed by atoms with van der Waals surface area (Å²) >= 11 is 0. The van der Waals surface area contributed by atoms with Gasteiger partial charge in [0.2, 0.25) is 11.8 Å². The van der Waals surface area contributed by atoms with Crippen molar-refractivity contribution in [3.63, 3.8) is 0 Å². The Morgan fingerprint density at radius 1 is 1.56 bits per heavy atom. The van der Waals surface area contributed by atoms with Crippen LogP contribution in [0.5, 0.6) is 0 Å². The summed E-state index contributed by atoms with van der Waals surface area (Å²) in [7, 11) is 0. The van der Waals surface area contributed by atoms with Crippen LogP contribution in [-0.4, -0.2) is 38.7 Å². The topological polar surface area (TPSA) is 134 Å². The van der Waals surface area contributed by atoms with Crippen LogP contribution in [-0.2, 0) is 4.79 Å². The molecular weight excluding hydrogens is 214 g/mol. The summed E-state index contributed by atoms with van der Waals surface area (Å²) < 4.78 is 0. The van der Waals surface area contributed by atoms with E-state index in [1.165, 1.54) is 13.8 Å². The number of rotatable bonds is 4. The van der Waals surface area contributed by atoms with Gasteiger partial charge < -0.3 is 16.2 Å². The van der Waals surface area contributed by atoms with Crippen molar-refractivity contribution in [2.75, 3.05) is 12.3 Å². The van der Waals surface area contributed by atoms with E-state index in [2.05, 4.69) is 20.5 Å². The first kappa shape index (κ1) is 12.0. The van der Waals surface area contributed by atoms with Crippen LogP contribution in [0.3, 0.4) is 0 Å². The lowest BCUT2D eigenvalue weighted by molar-refractivity contribution is -0.146. The van der Waals surface area contributed by atoms with Gasteiger partial charge in [0, 0.05) is 6.54 Å². The van der Waals surface area contributed by atoms with Crippen LogP contribution in [0.4, 0.5) is 5.95 Å². The van der Waals surface area contributed by atoms with Crippen LogP contribution in [0.2, 0.25) is 0 Å². The first-order chi connectivity index (χ1) is 7.33. The van der Waals surface area contributed by atoms with E-state index in [9.17, 15) is 9.59 Å². The second-order valence-electron chi connectivity index (χ2n) is 3.91. The standard InChI is InChI=1S/C8H13N5O3/c1-8(2,6(15)16)3-10-5(14)4-11-7(9)13-12-4/h3H2,1-2H3,(H,10,14)(H,15,16)(H3,9,11,12,13). The number of anilines is 1. The average molecular weight is 227 g/mol. The molecule has 1 heterocycles. The maximum atomic E-state index is 11.4. The lowest BCUT2D eigenvalue weighted by Crippen LogP contribution is -2.39. The molecule has 0 unspecified atom stereocenters. The van der Waals surface area contributed by atoms with Gasteiger partial charge in [0.1, 0.15) is 0 Å². The number of H-pyrrole nitrogens is 1. The monoisotopic (exact) mass is 227 g/mol. The van der Waals surface area contributed by atoms with Crippen LogP contribution in [0.25, 0.3) is 0 Å². The number of nitrogens with one attached hydrogen (secondary N) is 2. The number of carboxylic acid groups (broad SMARTS) is 1. The third-order valence-electron chi connectivity index (χ3n) is 1.99. The van der Waals surface area contributed by atoms with Crippen molar-refractivity contribution < 1.29 is 14.7 Å². The number of aromatic amines is 1. The number of aromatic nitrogens is 3. The molecule has 16 heavy (non-hydrogen) atoms. The molecule has 0 spiro atoms. The second-order valence-corrected chi connectivity index (χ2v) is 3.91. The molecule has 0 bridgehead atoms. The number of carbonyl (C=O) groups is 2. The third-order valence-corrected chi connectivity index (χ3v) is 1.99. The zero-order valence-electron chi connectivity index (χ0n) is 8.94. The van der Waals surface area contributed by atoms with Gasteiger partial charge in [-0.3, -0.25) is 14.7 Å². The third kappa shape index (κ3) is 2.69. The Labute approximate surface area is 91.2 Å². The lowest BCUT2D eigenvalue weighted by Gasteiger charge is -2.18. The Bertz CT molecular complexity index is 412. The maximum absolute atomic E-state index is 11.4. The number of aliphatic carboxylic acids is 1. The summed E-state index contributed by atoms with van der Waals surface area (Å²) in [5.41, 5.74) is 4.18. The molecular formula is C8H13N5O3. The molecule has 1 aromatic heterocycles. The van der Waals surface area contributed by atoms with Crippen molar-refractivity contribution in [2.24, 2.45) is 5.41 Å². The fourth-order valence-corrected chi connectivity index (χ4v) is 0.837. The minimum Gasteiger partial charge on any atom is -0.481 e. The highest BCUT2D eigenvalue weighted by molar-refractivity contribution is 5.91. The molecule has 8 heteroatoms. The molecule has 1 rings (SSSR count). The Hall–Kier alpha value is -2.12. The van der Waals surface area contributed by atoms with Gasteiger partial charge in [-0.2, -0.15) is 4.98 Å². The van der Waals surface area contributed by atoms with Crippen LogP contribution < -0.4 is 11.1 Å². The number of nitrogens with two attached hydrogens (primary N) is 1. The van der Waals surface area contributed by atoms with Crippen molar-refractivity contribution in [1.82, 2.24) is 20.5 Å². The zero-order chi connectivity index (χ0) is 12.3. The van der Waals surface area contributed by atoms with Crippen LogP contribution >= 0.6 is 0 Å². The van der Waals surface area contributed by atoms with Crippen molar-refractivity contribution in [3.8, 4) is 0 Å². The summed E-state index contributed by atoms with van der Waals surface area (Å²) in [6.07, 6.45) is 0. The van der Waals surface area contributed by atoms with E-state index in [0.29, 0.717) is 0 Å². The normalized spacial score (nSPS) is 11.1. The zero-order valence-corrected chi connectivity index (χ0v) is 8.94. The molecule has 0 aliphatic carbocycles. The number of hydrogen-bond donors (Lipinski definition) is 4. The highest BCUT2D eigenvalue weighted by atomic mass is 16.4. The van der Waals surface area contributed by atoms with Crippen molar-refractivity contribution in [2.45, 2.75) is 13.8 Å². The summed E-state index contributed by atoms with van der Waals surface area (Å²) in [5.74, 6) is -1.62. The lowest BCUT2D eigenvalue weighted by atomic mass is 9.94. The van der Waals surface area contributed by atoms with Gasteiger partial charge in [-0.25, -0.2) is 0 Å². The van der Waals surface area contributed by atoms with Gasteiger partial charge in [-0.05, 0) is 13.8 Å². The van der Waals surface area contributed by atoms with Gasteiger partial charge in [-0.15, -0.1) is 5.10 Å². The smallest absolute Gasteiger partial charge is 0.310 e. The molecule has 0 fully saturated rings. The average Bonchev–Trinajstić information content (AvgIpc) is 2.61. The van der Waals surface area contributed by atoms with E-state index in [-0.39, 0.29) is 18.3 Å². The van der Waals surface area contributed by atoms with E-state index in [1.54, 1.807) is 0 Å². The number of carboxylic acids is 1. The Balaban J connectivity index is 2.57. The van der Waals surface area contributed by atoms with Crippen LogP contribution in [0.1, 0.15) is 24.5 Å². The molecule has 0 saturated carbocycles. The largest absolute Gasteiger partial charge is 0.481 e. The Morgan fingerprint density at radius 3 is 2.62 bits per heavy atom. The predicted octanol–water partition coefficient (Wildman–Crippen LogP) is -0.772. The van der Waals surface area contributed by atoms with Crippen molar-refractivity contribution in [1.29, 1.82) is 0 Å². The Kier molecular flexibility index (Phi) is 3.11.